The quantitative estimate of drug-likeness (QED) is 0.245. The fourth-order valence-corrected chi connectivity index (χ4v) is 4.30. The molecule has 0 atom stereocenters. The molecular weight excluding hydrogens is 529 g/mol. The summed E-state index contributed by atoms with van der Waals surface area (Å²) in [5.74, 6) is 0.282. The molecule has 0 bridgehead atoms. The Morgan fingerprint density at radius 3 is 2.46 bits per heavy atom. The van der Waals surface area contributed by atoms with E-state index < -0.39 is 11.8 Å². The van der Waals surface area contributed by atoms with Gasteiger partial charge in [0, 0.05) is 42.7 Å². The van der Waals surface area contributed by atoms with Gasteiger partial charge in [-0.25, -0.2) is 14.2 Å². The molecule has 1 fully saturated rings. The highest BCUT2D eigenvalue weighted by Crippen LogP contribution is 2.35. The van der Waals surface area contributed by atoms with E-state index in [1.54, 1.807) is 6.07 Å². The van der Waals surface area contributed by atoms with Crippen molar-refractivity contribution in [2.45, 2.75) is 19.3 Å². The molecule has 10 nitrogen and oxygen atoms in total. The van der Waals surface area contributed by atoms with Crippen molar-refractivity contribution in [2.24, 2.45) is 0 Å². The van der Waals surface area contributed by atoms with Gasteiger partial charge in [-0.1, -0.05) is 24.6 Å². The molecule has 3 heterocycles. The Labute approximate surface area is 236 Å². The predicted octanol–water partition coefficient (Wildman–Crippen LogP) is 5.63. The van der Waals surface area contributed by atoms with Crippen LogP contribution in [0.15, 0.2) is 73.1 Å². The number of rotatable bonds is 9. The van der Waals surface area contributed by atoms with Crippen LogP contribution in [-0.2, 0) is 19.7 Å². The van der Waals surface area contributed by atoms with Crippen LogP contribution >= 0.6 is 0 Å². The largest absolute Gasteiger partial charge is 0.457 e. The van der Waals surface area contributed by atoms with Crippen LogP contribution in [0.1, 0.15) is 18.1 Å². The molecule has 0 spiro atoms. The first-order chi connectivity index (χ1) is 19.7. The number of carbonyl (C=O) groups is 2. The Bertz CT molecular complexity index is 1570. The standard InChI is InChI=1S/C30H30FN5O5/c1-19-4-6-21(7-5-19)36-15-20(30(2)17-40-18-30)12-27(36)35-29(38)33-25-9-8-22(13-24(25)31)41-23-10-11-32-26(14-23)34-28(37)16-39-3/h4-15H,16-18H2,1-3H3,(H,32,34,37)(H2,33,35,38). The Balaban J connectivity index is 1.28. The maximum absolute atomic E-state index is 15.0. The van der Waals surface area contributed by atoms with Crippen molar-refractivity contribution in [2.75, 3.05) is 42.9 Å². The summed E-state index contributed by atoms with van der Waals surface area (Å²) in [6.45, 7) is 5.19. The summed E-state index contributed by atoms with van der Waals surface area (Å²) in [5.41, 5.74) is 2.87. The highest BCUT2D eigenvalue weighted by molar-refractivity contribution is 5.99. The minimum atomic E-state index is -0.686. The molecule has 41 heavy (non-hydrogen) atoms. The molecule has 3 N–H and O–H groups in total. The van der Waals surface area contributed by atoms with E-state index >= 15 is 0 Å². The van der Waals surface area contributed by atoms with Gasteiger partial charge in [0.2, 0.25) is 0 Å². The van der Waals surface area contributed by atoms with Gasteiger partial charge in [-0.05, 0) is 48.9 Å². The third kappa shape index (κ3) is 6.53. The number of ether oxygens (including phenoxy) is 3. The molecule has 1 aliphatic rings. The summed E-state index contributed by atoms with van der Waals surface area (Å²) < 4.78 is 32.8. The van der Waals surface area contributed by atoms with E-state index in [9.17, 15) is 14.0 Å². The Morgan fingerprint density at radius 2 is 1.78 bits per heavy atom. The lowest BCUT2D eigenvalue weighted by atomic mass is 9.82. The minimum Gasteiger partial charge on any atom is -0.457 e. The van der Waals surface area contributed by atoms with E-state index in [-0.39, 0.29) is 35.2 Å². The molecule has 212 valence electrons. The minimum absolute atomic E-state index is 0.0230. The summed E-state index contributed by atoms with van der Waals surface area (Å²) in [6.07, 6.45) is 3.44. The Kier molecular flexibility index (Phi) is 7.99. The van der Waals surface area contributed by atoms with Gasteiger partial charge in [0.15, 0.2) is 0 Å². The number of methoxy groups -OCH3 is 1. The first kappa shape index (κ1) is 27.8. The van der Waals surface area contributed by atoms with Crippen LogP contribution in [0.25, 0.3) is 5.69 Å². The van der Waals surface area contributed by atoms with E-state index in [1.165, 1.54) is 31.5 Å². The smallest absolute Gasteiger partial charge is 0.324 e. The fourth-order valence-electron chi connectivity index (χ4n) is 4.30. The van der Waals surface area contributed by atoms with Crippen LogP contribution in [0.2, 0.25) is 0 Å². The van der Waals surface area contributed by atoms with Crippen molar-refractivity contribution in [3.63, 3.8) is 0 Å². The summed E-state index contributed by atoms with van der Waals surface area (Å²) in [4.78, 5) is 28.7. The predicted molar refractivity (Wildman–Crippen MR) is 153 cm³/mol. The van der Waals surface area contributed by atoms with E-state index in [4.69, 9.17) is 14.2 Å². The first-order valence-corrected chi connectivity index (χ1v) is 12.9. The zero-order chi connectivity index (χ0) is 29.0. The molecule has 11 heteroatoms. The first-order valence-electron chi connectivity index (χ1n) is 12.9. The molecular formula is C30H30FN5O5. The van der Waals surface area contributed by atoms with Gasteiger partial charge < -0.3 is 29.4 Å². The van der Waals surface area contributed by atoms with Gasteiger partial charge in [0.25, 0.3) is 5.91 Å². The molecule has 2 aromatic heterocycles. The van der Waals surface area contributed by atoms with Crippen molar-refractivity contribution in [1.29, 1.82) is 0 Å². The second-order valence-corrected chi connectivity index (χ2v) is 10.1. The molecule has 1 aliphatic heterocycles. The number of pyridine rings is 1. The summed E-state index contributed by atoms with van der Waals surface area (Å²) in [5, 5.41) is 7.99. The molecule has 3 amide bonds. The average molecular weight is 560 g/mol. The van der Waals surface area contributed by atoms with Crippen LogP contribution in [-0.4, -0.2) is 48.4 Å². The Morgan fingerprint density at radius 1 is 1.02 bits per heavy atom. The number of hydrogen-bond donors (Lipinski definition) is 3. The van der Waals surface area contributed by atoms with Crippen molar-refractivity contribution in [1.82, 2.24) is 9.55 Å². The van der Waals surface area contributed by atoms with E-state index in [0.29, 0.717) is 24.8 Å². The monoisotopic (exact) mass is 559 g/mol. The summed E-state index contributed by atoms with van der Waals surface area (Å²) in [6, 6.07) is 16.4. The lowest BCUT2D eigenvalue weighted by molar-refractivity contribution is -0.119. The number of aryl methyl sites for hydroxylation is 1. The Hall–Kier alpha value is -4.74. The third-order valence-corrected chi connectivity index (χ3v) is 6.61. The second kappa shape index (κ2) is 11.8. The summed E-state index contributed by atoms with van der Waals surface area (Å²) in [7, 11) is 1.41. The summed E-state index contributed by atoms with van der Waals surface area (Å²) >= 11 is 0. The molecule has 0 unspecified atom stereocenters. The van der Waals surface area contributed by atoms with Gasteiger partial charge in [0.05, 0.1) is 18.9 Å². The molecule has 5 rings (SSSR count). The zero-order valence-corrected chi connectivity index (χ0v) is 22.9. The normalized spacial score (nSPS) is 13.7. The number of hydrogen-bond acceptors (Lipinski definition) is 6. The number of nitrogens with one attached hydrogen (secondary N) is 3. The van der Waals surface area contributed by atoms with Crippen LogP contribution < -0.4 is 20.7 Å². The van der Waals surface area contributed by atoms with Crippen molar-refractivity contribution in [3.05, 3.63) is 90.0 Å². The molecule has 2 aromatic carbocycles. The number of urea groups is 1. The van der Waals surface area contributed by atoms with Crippen LogP contribution in [0.4, 0.5) is 26.5 Å². The lowest BCUT2D eigenvalue weighted by Crippen LogP contribution is -2.43. The number of aromatic nitrogens is 2. The van der Waals surface area contributed by atoms with Crippen molar-refractivity contribution >= 4 is 29.3 Å². The molecule has 0 radical (unpaired) electrons. The fraction of sp³-hybridized carbons (Fsp3) is 0.233. The van der Waals surface area contributed by atoms with Gasteiger partial charge >= 0.3 is 6.03 Å². The van der Waals surface area contributed by atoms with Gasteiger partial charge in [-0.2, -0.15) is 0 Å². The zero-order valence-electron chi connectivity index (χ0n) is 22.9. The van der Waals surface area contributed by atoms with Crippen molar-refractivity contribution < 1.29 is 28.2 Å². The number of nitrogens with zero attached hydrogens (tertiary/aromatic N) is 2. The number of benzene rings is 2. The molecule has 0 saturated carbocycles. The number of carbonyl (C=O) groups excluding carboxylic acids is 2. The van der Waals surface area contributed by atoms with Gasteiger partial charge in [-0.15, -0.1) is 0 Å². The maximum Gasteiger partial charge on any atom is 0.324 e. The number of halogens is 1. The molecule has 0 aliphatic carbocycles. The second-order valence-electron chi connectivity index (χ2n) is 10.1. The molecule has 1 saturated heterocycles. The van der Waals surface area contributed by atoms with Crippen molar-refractivity contribution in [3.8, 4) is 17.2 Å². The van der Waals surface area contributed by atoms with E-state index in [1.807, 2.05) is 48.0 Å². The van der Waals surface area contributed by atoms with Crippen LogP contribution in [0, 0.1) is 12.7 Å². The van der Waals surface area contributed by atoms with E-state index in [2.05, 4.69) is 27.9 Å². The molecule has 4 aromatic rings. The maximum atomic E-state index is 15.0. The highest BCUT2D eigenvalue weighted by atomic mass is 19.1. The number of amides is 3. The van der Waals surface area contributed by atoms with Crippen LogP contribution in [0.3, 0.4) is 0 Å². The van der Waals surface area contributed by atoms with E-state index in [0.717, 1.165) is 22.9 Å². The lowest BCUT2D eigenvalue weighted by Gasteiger charge is -2.37. The highest BCUT2D eigenvalue weighted by Gasteiger charge is 2.36. The topological polar surface area (TPSA) is 116 Å². The number of anilines is 3. The average Bonchev–Trinajstić information content (AvgIpc) is 3.33. The van der Waals surface area contributed by atoms with Gasteiger partial charge in [-0.3, -0.25) is 10.1 Å². The SMILES string of the molecule is COCC(=O)Nc1cc(Oc2ccc(NC(=O)Nc3cc(C4(C)COC4)cn3-c3ccc(C)cc3)c(F)c2)ccn1. The third-order valence-electron chi connectivity index (χ3n) is 6.61. The van der Waals surface area contributed by atoms with Gasteiger partial charge in [0.1, 0.15) is 35.6 Å². The van der Waals surface area contributed by atoms with Crippen LogP contribution in [0.5, 0.6) is 11.5 Å².